The Morgan fingerprint density at radius 2 is 0.887 bits per heavy atom. The Morgan fingerprint density at radius 1 is 0.321 bits per heavy atom. The van der Waals surface area contributed by atoms with Crippen molar-refractivity contribution in [3.8, 4) is 34.0 Å². The zero-order chi connectivity index (χ0) is 35.0. The number of hydrogen-bond donors (Lipinski definition) is 0. The molecule has 0 aliphatic carbocycles. The summed E-state index contributed by atoms with van der Waals surface area (Å²) in [7, 11) is 0. The summed E-state index contributed by atoms with van der Waals surface area (Å²) in [6, 6.07) is 68.2. The van der Waals surface area contributed by atoms with Crippen molar-refractivity contribution in [1.29, 1.82) is 5.26 Å². The van der Waals surface area contributed by atoms with Crippen LogP contribution in [0.15, 0.2) is 182 Å². The Hall–Kier alpha value is -7.21. The van der Waals surface area contributed by atoms with E-state index < -0.39 is 0 Å². The van der Waals surface area contributed by atoms with Crippen LogP contribution in [0.4, 0.5) is 0 Å². The van der Waals surface area contributed by atoms with Gasteiger partial charge in [-0.2, -0.15) is 5.26 Å². The number of benzene rings is 10. The molecule has 11 aromatic rings. The van der Waals surface area contributed by atoms with E-state index in [2.05, 4.69) is 180 Å². The summed E-state index contributed by atoms with van der Waals surface area (Å²) in [5.41, 5.74) is 9.04. The Morgan fingerprint density at radius 3 is 1.64 bits per heavy atom. The van der Waals surface area contributed by atoms with Crippen LogP contribution in [0.5, 0.6) is 0 Å². The van der Waals surface area contributed by atoms with Crippen molar-refractivity contribution >= 4 is 75.7 Å². The zero-order valence-corrected chi connectivity index (χ0v) is 28.7. The molecular formula is C51H30N2. The molecule has 0 aliphatic heterocycles. The van der Waals surface area contributed by atoms with E-state index in [1.165, 1.54) is 98.2 Å². The summed E-state index contributed by atoms with van der Waals surface area (Å²) in [6.45, 7) is 0. The molecule has 0 saturated carbocycles. The number of nitrogens with zero attached hydrogens (tertiary/aromatic N) is 2. The van der Waals surface area contributed by atoms with Gasteiger partial charge in [0.15, 0.2) is 0 Å². The minimum Gasteiger partial charge on any atom is -0.309 e. The van der Waals surface area contributed by atoms with Gasteiger partial charge in [0, 0.05) is 16.5 Å². The average molecular weight is 671 g/mol. The smallest absolute Gasteiger partial charge is 0.0991 e. The number of aromatic nitrogens is 1. The van der Waals surface area contributed by atoms with Gasteiger partial charge in [0.1, 0.15) is 0 Å². The fourth-order valence-electron chi connectivity index (χ4n) is 8.65. The molecule has 2 nitrogen and oxygen atoms in total. The van der Waals surface area contributed by atoms with Gasteiger partial charge in [-0.1, -0.05) is 121 Å². The second kappa shape index (κ2) is 11.4. The Balaban J connectivity index is 1.09. The van der Waals surface area contributed by atoms with E-state index in [1.807, 2.05) is 12.1 Å². The number of hydrogen-bond acceptors (Lipinski definition) is 1. The van der Waals surface area contributed by atoms with Crippen LogP contribution in [-0.2, 0) is 0 Å². The maximum Gasteiger partial charge on any atom is 0.0991 e. The van der Waals surface area contributed by atoms with E-state index in [0.29, 0.717) is 5.56 Å². The largest absolute Gasteiger partial charge is 0.309 e. The summed E-state index contributed by atoms with van der Waals surface area (Å²) < 4.78 is 2.41. The average Bonchev–Trinajstić information content (AvgIpc) is 3.56. The van der Waals surface area contributed by atoms with Gasteiger partial charge in [-0.05, 0) is 137 Å². The van der Waals surface area contributed by atoms with Crippen LogP contribution in [-0.4, -0.2) is 4.57 Å². The highest BCUT2D eigenvalue weighted by atomic mass is 15.0. The predicted octanol–water partition coefficient (Wildman–Crippen LogP) is 13.8. The van der Waals surface area contributed by atoms with Crippen LogP contribution in [0, 0.1) is 11.3 Å². The topological polar surface area (TPSA) is 28.7 Å². The third kappa shape index (κ3) is 4.51. The van der Waals surface area contributed by atoms with Gasteiger partial charge in [0.05, 0.1) is 22.7 Å². The second-order valence-electron chi connectivity index (χ2n) is 14.0. The fraction of sp³-hybridized carbons (Fsp3) is 0. The normalized spacial score (nSPS) is 11.8. The maximum absolute atomic E-state index is 9.37. The highest BCUT2D eigenvalue weighted by molar-refractivity contribution is 6.29. The standard InChI is InChI=1S/C51H30N2/c52-31-32-17-22-40-37(25-32)18-19-38-27-35(20-23-41(38)40)33-9-8-10-34(26-33)36-21-24-44-46(28-36)42-13-4-5-14-43(42)47-29-49-45-15-6-7-16-50(45)53(51(49)30-48(44)47)39-11-2-1-3-12-39/h1-30H. The molecule has 2 heteroatoms. The first kappa shape index (κ1) is 29.5. The van der Waals surface area contributed by atoms with Gasteiger partial charge in [0.25, 0.3) is 0 Å². The summed E-state index contributed by atoms with van der Waals surface area (Å²) in [5, 5.41) is 24.1. The van der Waals surface area contributed by atoms with E-state index in [0.717, 1.165) is 5.39 Å². The molecule has 0 bridgehead atoms. The molecule has 0 saturated heterocycles. The fourth-order valence-corrected chi connectivity index (χ4v) is 8.65. The van der Waals surface area contributed by atoms with Crippen LogP contribution >= 0.6 is 0 Å². The molecule has 53 heavy (non-hydrogen) atoms. The van der Waals surface area contributed by atoms with Crippen LogP contribution < -0.4 is 0 Å². The maximum atomic E-state index is 9.37. The lowest BCUT2D eigenvalue weighted by atomic mass is 9.90. The van der Waals surface area contributed by atoms with Gasteiger partial charge in [-0.3, -0.25) is 0 Å². The molecule has 0 N–H and O–H groups in total. The SMILES string of the molecule is N#Cc1ccc2c(ccc3cc(-c4cccc(-c5ccc6c(c5)c5ccccc5c5cc7c8ccccc8n(-c8ccccc8)c7cc65)c4)ccc32)c1. The van der Waals surface area contributed by atoms with Gasteiger partial charge in [0.2, 0.25) is 0 Å². The molecule has 11 rings (SSSR count). The molecule has 0 fully saturated rings. The molecule has 0 unspecified atom stereocenters. The van der Waals surface area contributed by atoms with E-state index in [9.17, 15) is 5.26 Å². The molecule has 244 valence electrons. The first-order valence-corrected chi connectivity index (χ1v) is 18.1. The zero-order valence-electron chi connectivity index (χ0n) is 28.7. The molecule has 0 spiro atoms. The minimum atomic E-state index is 0.685. The Labute approximate surface area is 306 Å². The van der Waals surface area contributed by atoms with Crippen molar-refractivity contribution in [2.45, 2.75) is 0 Å². The van der Waals surface area contributed by atoms with Crippen LogP contribution in [0.1, 0.15) is 5.56 Å². The summed E-state index contributed by atoms with van der Waals surface area (Å²) in [5.74, 6) is 0. The van der Waals surface area contributed by atoms with Gasteiger partial charge >= 0.3 is 0 Å². The quantitative estimate of drug-likeness (QED) is 0.172. The molecule has 1 heterocycles. The van der Waals surface area contributed by atoms with Crippen molar-refractivity contribution in [1.82, 2.24) is 4.57 Å². The Kier molecular flexibility index (Phi) is 6.35. The number of rotatable bonds is 3. The highest BCUT2D eigenvalue weighted by Crippen LogP contribution is 2.42. The number of fused-ring (bicyclic) bond motifs is 12. The predicted molar refractivity (Wildman–Crippen MR) is 224 cm³/mol. The van der Waals surface area contributed by atoms with E-state index in [4.69, 9.17) is 0 Å². The van der Waals surface area contributed by atoms with E-state index in [1.54, 1.807) is 0 Å². The van der Waals surface area contributed by atoms with Gasteiger partial charge < -0.3 is 4.57 Å². The molecule has 0 amide bonds. The third-order valence-electron chi connectivity index (χ3n) is 11.1. The van der Waals surface area contributed by atoms with E-state index >= 15 is 0 Å². The first-order chi connectivity index (χ1) is 26.2. The van der Waals surface area contributed by atoms with Crippen LogP contribution in [0.3, 0.4) is 0 Å². The summed E-state index contributed by atoms with van der Waals surface area (Å²) in [4.78, 5) is 0. The molecule has 1 aromatic heterocycles. The monoisotopic (exact) mass is 670 g/mol. The number of para-hydroxylation sites is 2. The van der Waals surface area contributed by atoms with Crippen molar-refractivity contribution in [3.63, 3.8) is 0 Å². The number of nitriles is 1. The van der Waals surface area contributed by atoms with Crippen LogP contribution in [0.2, 0.25) is 0 Å². The minimum absolute atomic E-state index is 0.685. The van der Waals surface area contributed by atoms with Crippen molar-refractivity contribution < 1.29 is 0 Å². The van der Waals surface area contributed by atoms with E-state index in [-0.39, 0.29) is 0 Å². The van der Waals surface area contributed by atoms with Crippen LogP contribution in [0.25, 0.3) is 104 Å². The lowest BCUT2D eigenvalue weighted by Gasteiger charge is -2.14. The summed E-state index contributed by atoms with van der Waals surface area (Å²) >= 11 is 0. The van der Waals surface area contributed by atoms with Gasteiger partial charge in [-0.15, -0.1) is 0 Å². The summed E-state index contributed by atoms with van der Waals surface area (Å²) in [6.07, 6.45) is 0. The second-order valence-corrected chi connectivity index (χ2v) is 14.0. The highest BCUT2D eigenvalue weighted by Gasteiger charge is 2.17. The third-order valence-corrected chi connectivity index (χ3v) is 11.1. The molecule has 0 radical (unpaired) electrons. The molecule has 0 atom stereocenters. The molecular weight excluding hydrogens is 641 g/mol. The van der Waals surface area contributed by atoms with Gasteiger partial charge in [-0.25, -0.2) is 0 Å². The lowest BCUT2D eigenvalue weighted by molar-refractivity contribution is 1.18. The van der Waals surface area contributed by atoms with Crippen molar-refractivity contribution in [2.75, 3.05) is 0 Å². The van der Waals surface area contributed by atoms with Crippen molar-refractivity contribution in [3.05, 3.63) is 188 Å². The molecule has 10 aromatic carbocycles. The first-order valence-electron chi connectivity index (χ1n) is 18.1. The Bertz CT molecular complexity index is 3340. The van der Waals surface area contributed by atoms with Crippen molar-refractivity contribution in [2.24, 2.45) is 0 Å². The lowest BCUT2D eigenvalue weighted by Crippen LogP contribution is -1.93. The molecule has 0 aliphatic rings.